The van der Waals surface area contributed by atoms with Crippen molar-refractivity contribution >= 4 is 61.0 Å². The van der Waals surface area contributed by atoms with Crippen LogP contribution in [-0.2, 0) is 14.8 Å². The number of rotatable bonds is 11. The van der Waals surface area contributed by atoms with Gasteiger partial charge in [-0.05, 0) is 63.4 Å². The molecule has 250 valence electrons. The molecule has 0 fully saturated rings. The summed E-state index contributed by atoms with van der Waals surface area (Å²) in [5.41, 5.74) is 4.79. The number of carbonyl (C=O) groups excluding carboxylic acids is 1. The second-order valence-corrected chi connectivity index (χ2v) is 15.5. The third-order valence-electron chi connectivity index (χ3n) is 8.58. The first-order chi connectivity index (χ1) is 23.0. The highest BCUT2D eigenvalue weighted by molar-refractivity contribution is 7.89. The van der Waals surface area contributed by atoms with E-state index < -0.39 is 16.1 Å². The molecule has 0 aliphatic carbocycles. The highest BCUT2D eigenvalue weighted by Crippen LogP contribution is 2.39. The second-order valence-electron chi connectivity index (χ2n) is 12.1. The first kappa shape index (κ1) is 33.8. The SMILES string of the molecule is Cc1sc2c(c1C)C(c1ccc(Cl)cc1)=N[C@@H](CC(=O)NCCCCNS(=O)(=O)c1cccc3c(N(C)C)cccc13)c1nnc(C)n1-2. The van der Waals surface area contributed by atoms with Gasteiger partial charge in [0.25, 0.3) is 0 Å². The van der Waals surface area contributed by atoms with Crippen molar-refractivity contribution in [3.05, 3.63) is 98.9 Å². The summed E-state index contributed by atoms with van der Waals surface area (Å²) in [4.78, 5) is 21.8. The van der Waals surface area contributed by atoms with Gasteiger partial charge in [0.1, 0.15) is 16.9 Å². The smallest absolute Gasteiger partial charge is 0.241 e. The molecule has 10 nitrogen and oxygen atoms in total. The maximum absolute atomic E-state index is 13.3. The molecule has 2 N–H and O–H groups in total. The fourth-order valence-electron chi connectivity index (χ4n) is 6.03. The molecule has 5 aromatic rings. The Morgan fingerprint density at radius 3 is 2.42 bits per heavy atom. The van der Waals surface area contributed by atoms with Crippen molar-refractivity contribution < 1.29 is 13.2 Å². The van der Waals surface area contributed by atoms with Crippen molar-refractivity contribution in [3.8, 4) is 5.00 Å². The molecule has 3 heterocycles. The van der Waals surface area contributed by atoms with Crippen molar-refractivity contribution in [2.45, 2.75) is 51.0 Å². The predicted molar refractivity (Wildman–Crippen MR) is 194 cm³/mol. The van der Waals surface area contributed by atoms with E-state index in [-0.39, 0.29) is 23.8 Å². The summed E-state index contributed by atoms with van der Waals surface area (Å²) in [6.45, 7) is 6.74. The molecule has 13 heteroatoms. The molecule has 0 bridgehead atoms. The zero-order valence-corrected chi connectivity index (χ0v) is 29.9. The largest absolute Gasteiger partial charge is 0.377 e. The second kappa shape index (κ2) is 13.8. The van der Waals surface area contributed by atoms with Gasteiger partial charge in [-0.25, -0.2) is 13.1 Å². The van der Waals surface area contributed by atoms with Gasteiger partial charge in [0, 0.05) is 64.7 Å². The molecule has 1 amide bonds. The Labute approximate surface area is 289 Å². The lowest BCUT2D eigenvalue weighted by Gasteiger charge is -2.17. The van der Waals surface area contributed by atoms with Gasteiger partial charge < -0.3 is 10.2 Å². The molecule has 0 radical (unpaired) electrons. The number of unbranched alkanes of at least 4 members (excludes halogenated alkanes) is 1. The minimum Gasteiger partial charge on any atom is -0.377 e. The number of hydrogen-bond acceptors (Lipinski definition) is 8. The molecule has 0 saturated carbocycles. The Morgan fingerprint density at radius 1 is 0.958 bits per heavy atom. The Kier molecular flexibility index (Phi) is 9.71. The van der Waals surface area contributed by atoms with E-state index in [1.54, 1.807) is 23.5 Å². The lowest BCUT2D eigenvalue weighted by Crippen LogP contribution is -2.28. The summed E-state index contributed by atoms with van der Waals surface area (Å²) in [7, 11) is 0.139. The quantitative estimate of drug-likeness (QED) is 0.156. The maximum Gasteiger partial charge on any atom is 0.241 e. The first-order valence-electron chi connectivity index (χ1n) is 15.8. The van der Waals surface area contributed by atoms with Gasteiger partial charge in [-0.3, -0.25) is 14.4 Å². The van der Waals surface area contributed by atoms with Crippen LogP contribution in [0.3, 0.4) is 0 Å². The number of fused-ring (bicyclic) bond motifs is 4. The van der Waals surface area contributed by atoms with Crippen molar-refractivity contribution in [3.63, 3.8) is 0 Å². The molecule has 0 unspecified atom stereocenters. The molecule has 1 aliphatic rings. The Hall–Kier alpha value is -4.10. The van der Waals surface area contributed by atoms with Crippen molar-refractivity contribution in [2.24, 2.45) is 4.99 Å². The van der Waals surface area contributed by atoms with E-state index in [2.05, 4.69) is 34.1 Å². The van der Waals surface area contributed by atoms with Gasteiger partial charge >= 0.3 is 0 Å². The molecule has 0 saturated heterocycles. The first-order valence-corrected chi connectivity index (χ1v) is 18.5. The zero-order chi connectivity index (χ0) is 34.2. The van der Waals surface area contributed by atoms with Crippen LogP contribution in [0.4, 0.5) is 5.69 Å². The van der Waals surface area contributed by atoms with Crippen molar-refractivity contribution in [1.29, 1.82) is 0 Å². The number of anilines is 1. The van der Waals surface area contributed by atoms with Crippen LogP contribution in [0.25, 0.3) is 15.8 Å². The number of hydrogen-bond donors (Lipinski definition) is 2. The van der Waals surface area contributed by atoms with Crippen LogP contribution in [0.1, 0.15) is 58.5 Å². The van der Waals surface area contributed by atoms with Crippen molar-refractivity contribution in [1.82, 2.24) is 24.8 Å². The number of thiophene rings is 1. The van der Waals surface area contributed by atoms with Crippen LogP contribution in [0, 0.1) is 20.8 Å². The van der Waals surface area contributed by atoms with Gasteiger partial charge in [0.2, 0.25) is 15.9 Å². The van der Waals surface area contributed by atoms with Crippen LogP contribution < -0.4 is 14.9 Å². The summed E-state index contributed by atoms with van der Waals surface area (Å²) in [5, 5.41) is 15.0. The number of nitrogens with one attached hydrogen (secondary N) is 2. The van der Waals surface area contributed by atoms with Gasteiger partial charge in [-0.2, -0.15) is 0 Å². The molecular formula is C35H38ClN7O3S2. The lowest BCUT2D eigenvalue weighted by atomic mass is 9.99. The van der Waals surface area contributed by atoms with E-state index in [0.717, 1.165) is 44.3 Å². The van der Waals surface area contributed by atoms with E-state index in [4.69, 9.17) is 16.6 Å². The van der Waals surface area contributed by atoms with Crippen LogP contribution in [-0.4, -0.2) is 62.0 Å². The third kappa shape index (κ3) is 6.62. The summed E-state index contributed by atoms with van der Waals surface area (Å²) in [6, 6.07) is 18.0. The molecular weight excluding hydrogens is 666 g/mol. The third-order valence-corrected chi connectivity index (χ3v) is 11.5. The summed E-state index contributed by atoms with van der Waals surface area (Å²) < 4.78 is 31.2. The molecule has 1 aliphatic heterocycles. The highest BCUT2D eigenvalue weighted by atomic mass is 35.5. The Bertz CT molecular complexity index is 2140. The summed E-state index contributed by atoms with van der Waals surface area (Å²) >= 11 is 7.87. The fourth-order valence-corrected chi connectivity index (χ4v) is 8.66. The molecule has 0 spiro atoms. The Morgan fingerprint density at radius 2 is 1.67 bits per heavy atom. The predicted octanol–water partition coefficient (Wildman–Crippen LogP) is 6.28. The number of benzene rings is 3. The number of sulfonamides is 1. The van der Waals surface area contributed by atoms with Crippen LogP contribution in [0.2, 0.25) is 5.02 Å². The zero-order valence-electron chi connectivity index (χ0n) is 27.5. The van der Waals surface area contributed by atoms with Gasteiger partial charge in [-0.1, -0.05) is 48.0 Å². The van der Waals surface area contributed by atoms with Crippen LogP contribution >= 0.6 is 22.9 Å². The standard InChI is InChI=1S/C35H38ClN7O3S2/c1-21-22(2)47-35-32(21)33(24-14-16-25(36)17-15-24)39-28(34-41-40-23(3)43(34)35)20-31(44)37-18-6-7-19-38-48(45,46)30-13-9-10-26-27(30)11-8-12-29(26)42(4)5/h8-17,28,38H,6-7,18-20H2,1-5H3,(H,37,44)/t28-/m0/s1. The average molecular weight is 704 g/mol. The summed E-state index contributed by atoms with van der Waals surface area (Å²) in [5.74, 6) is 1.18. The van der Waals surface area contributed by atoms with Crippen LogP contribution in [0.15, 0.2) is 70.6 Å². The highest BCUT2D eigenvalue weighted by Gasteiger charge is 2.32. The van der Waals surface area contributed by atoms with E-state index in [9.17, 15) is 13.2 Å². The number of aromatic nitrogens is 3. The number of aryl methyl sites for hydroxylation is 2. The van der Waals surface area contributed by atoms with E-state index >= 15 is 0 Å². The van der Waals surface area contributed by atoms with Gasteiger partial charge in [0.15, 0.2) is 5.82 Å². The van der Waals surface area contributed by atoms with Crippen molar-refractivity contribution in [2.75, 3.05) is 32.1 Å². The van der Waals surface area contributed by atoms with Gasteiger partial charge in [0.05, 0.1) is 17.0 Å². The number of nitrogens with zero attached hydrogens (tertiary/aromatic N) is 5. The maximum atomic E-state index is 13.3. The minimum absolute atomic E-state index is 0.0881. The number of aliphatic imine (C=N–C) groups is 1. The average Bonchev–Trinajstić information content (AvgIpc) is 3.54. The minimum atomic E-state index is -3.73. The molecule has 1 atom stereocenters. The molecule has 48 heavy (non-hydrogen) atoms. The van der Waals surface area contributed by atoms with Crippen LogP contribution in [0.5, 0.6) is 0 Å². The number of carbonyl (C=O) groups is 1. The van der Waals surface area contributed by atoms with E-state index in [1.165, 1.54) is 4.88 Å². The number of amides is 1. The monoisotopic (exact) mass is 703 g/mol. The Balaban J connectivity index is 1.11. The normalized spacial score (nSPS) is 14.3. The van der Waals surface area contributed by atoms with Gasteiger partial charge in [-0.15, -0.1) is 21.5 Å². The van der Waals surface area contributed by atoms with E-state index in [0.29, 0.717) is 35.6 Å². The number of halogens is 1. The molecule has 6 rings (SSSR count). The topological polar surface area (TPSA) is 122 Å². The molecule has 2 aromatic heterocycles. The fraction of sp³-hybridized carbons (Fsp3) is 0.314. The molecule has 3 aromatic carbocycles. The summed E-state index contributed by atoms with van der Waals surface area (Å²) in [6.07, 6.45) is 1.25. The van der Waals surface area contributed by atoms with E-state index in [1.807, 2.05) is 79.0 Å². The lowest BCUT2D eigenvalue weighted by molar-refractivity contribution is -0.121.